The van der Waals surface area contributed by atoms with E-state index in [0.29, 0.717) is 0 Å². The summed E-state index contributed by atoms with van der Waals surface area (Å²) in [7, 11) is 0. The minimum atomic E-state index is 1.12. The fraction of sp³-hybridized carbons (Fsp3) is 0. The molecule has 3 aromatic rings. The predicted molar refractivity (Wildman–Crippen MR) is 68.0 cm³/mol. The molecular weight excluding hydrogens is 236 g/mol. The molecule has 0 fully saturated rings. The van der Waals surface area contributed by atoms with E-state index >= 15 is 0 Å². The molecule has 0 saturated heterocycles. The molecule has 0 aliphatic rings. The fourth-order valence-electron chi connectivity index (χ4n) is 1.55. The van der Waals surface area contributed by atoms with Crippen molar-refractivity contribution in [2.45, 2.75) is 9.10 Å². The fourth-order valence-corrected chi connectivity index (χ4v) is 3.01. The Kier molecular flexibility index (Phi) is 2.60. The maximum absolute atomic E-state index is 3.85. The van der Waals surface area contributed by atoms with E-state index in [4.69, 9.17) is 0 Å². The molecule has 0 unspecified atom stereocenters. The smallest absolute Gasteiger partial charge is 0.106 e. The van der Waals surface area contributed by atoms with Gasteiger partial charge in [-0.05, 0) is 34.4 Å². The molecule has 4 heteroatoms. The van der Waals surface area contributed by atoms with Gasteiger partial charge >= 0.3 is 0 Å². The molecule has 0 bridgehead atoms. The van der Waals surface area contributed by atoms with Gasteiger partial charge in [0.25, 0.3) is 0 Å². The highest BCUT2D eigenvalue weighted by atomic mass is 32.2. The first-order valence-electron chi connectivity index (χ1n) is 4.86. The summed E-state index contributed by atoms with van der Waals surface area (Å²) in [5.74, 6) is 0. The summed E-state index contributed by atoms with van der Waals surface area (Å²) in [5.41, 5.74) is 0. The average Bonchev–Trinajstić information content (AvgIpc) is 2.82. The molecule has 2 aromatic carbocycles. The maximum Gasteiger partial charge on any atom is 0.106 e. The van der Waals surface area contributed by atoms with E-state index in [-0.39, 0.29) is 0 Å². The van der Waals surface area contributed by atoms with Gasteiger partial charge in [0.05, 0.1) is 6.20 Å². The van der Waals surface area contributed by atoms with Crippen LogP contribution in [0.5, 0.6) is 0 Å². The molecule has 0 N–H and O–H groups in total. The van der Waals surface area contributed by atoms with Gasteiger partial charge in [0.15, 0.2) is 0 Å². The Hall–Kier alpha value is -1.39. The number of hydrogen-bond acceptors (Lipinski definition) is 4. The third-order valence-electron chi connectivity index (χ3n) is 2.28. The van der Waals surface area contributed by atoms with E-state index in [9.17, 15) is 0 Å². The van der Waals surface area contributed by atoms with E-state index in [0.717, 1.165) is 4.21 Å². The highest BCUT2D eigenvalue weighted by Crippen LogP contribution is 2.31. The Morgan fingerprint density at radius 2 is 1.88 bits per heavy atom. The van der Waals surface area contributed by atoms with E-state index in [1.165, 1.54) is 27.2 Å². The zero-order valence-corrected chi connectivity index (χ0v) is 9.96. The summed E-state index contributed by atoms with van der Waals surface area (Å²) in [6.07, 6.45) is 1.80. The van der Waals surface area contributed by atoms with Gasteiger partial charge in [-0.2, -0.15) is 0 Å². The van der Waals surface area contributed by atoms with Crippen LogP contribution in [0.15, 0.2) is 57.8 Å². The van der Waals surface area contributed by atoms with Crippen LogP contribution in [0, 0.1) is 0 Å². The zero-order valence-electron chi connectivity index (χ0n) is 8.33. The minimum absolute atomic E-state index is 1.12. The summed E-state index contributed by atoms with van der Waals surface area (Å²) in [6, 6.07) is 14.8. The van der Waals surface area contributed by atoms with Crippen LogP contribution >= 0.6 is 23.3 Å². The molecule has 3 rings (SSSR count). The summed E-state index contributed by atoms with van der Waals surface area (Å²) in [5, 5.41) is 6.37. The topological polar surface area (TPSA) is 25.8 Å². The van der Waals surface area contributed by atoms with Crippen molar-refractivity contribution < 1.29 is 0 Å². The van der Waals surface area contributed by atoms with Crippen molar-refractivity contribution in [3.63, 3.8) is 0 Å². The third kappa shape index (κ3) is 1.94. The summed E-state index contributed by atoms with van der Waals surface area (Å²) >= 11 is 3.13. The van der Waals surface area contributed by atoms with E-state index in [1.54, 1.807) is 18.0 Å². The van der Waals surface area contributed by atoms with Crippen molar-refractivity contribution in [2.24, 2.45) is 0 Å². The Morgan fingerprint density at radius 3 is 2.69 bits per heavy atom. The Bertz CT molecular complexity index is 605. The number of fused-ring (bicyclic) bond motifs is 1. The van der Waals surface area contributed by atoms with E-state index in [1.807, 2.05) is 0 Å². The van der Waals surface area contributed by atoms with Gasteiger partial charge in [0.2, 0.25) is 0 Å². The average molecular weight is 244 g/mol. The molecule has 0 saturated carbocycles. The van der Waals surface area contributed by atoms with Crippen LogP contribution in [0.1, 0.15) is 0 Å². The lowest BCUT2D eigenvalue weighted by molar-refractivity contribution is 1.15. The standard InChI is InChI=1S/C12H8N2S2/c1-2-4-10-7-11(6-5-9(10)3-1)15-12-8-13-14-16-12/h1-8H. The van der Waals surface area contributed by atoms with Crippen LogP contribution in [-0.4, -0.2) is 9.59 Å². The van der Waals surface area contributed by atoms with Gasteiger partial charge in [-0.15, -0.1) is 5.10 Å². The van der Waals surface area contributed by atoms with E-state index in [2.05, 4.69) is 52.1 Å². The van der Waals surface area contributed by atoms with Crippen LogP contribution in [0.3, 0.4) is 0 Å². The summed E-state index contributed by atoms with van der Waals surface area (Å²) in [4.78, 5) is 1.23. The molecule has 0 amide bonds. The molecule has 78 valence electrons. The molecule has 0 radical (unpaired) electrons. The van der Waals surface area contributed by atoms with Gasteiger partial charge in [-0.25, -0.2) is 0 Å². The van der Waals surface area contributed by atoms with Gasteiger partial charge in [-0.3, -0.25) is 0 Å². The molecule has 0 aliphatic carbocycles. The number of benzene rings is 2. The van der Waals surface area contributed by atoms with Crippen molar-refractivity contribution in [2.75, 3.05) is 0 Å². The van der Waals surface area contributed by atoms with Gasteiger partial charge in [0, 0.05) is 4.90 Å². The Morgan fingerprint density at radius 1 is 1.00 bits per heavy atom. The van der Waals surface area contributed by atoms with Crippen LogP contribution < -0.4 is 0 Å². The summed E-state index contributed by atoms with van der Waals surface area (Å²) < 4.78 is 4.97. The van der Waals surface area contributed by atoms with Crippen molar-refractivity contribution in [1.82, 2.24) is 9.59 Å². The molecule has 1 heterocycles. The van der Waals surface area contributed by atoms with Crippen LogP contribution in [0.4, 0.5) is 0 Å². The van der Waals surface area contributed by atoms with E-state index < -0.39 is 0 Å². The second kappa shape index (κ2) is 4.23. The number of aromatic nitrogens is 2. The third-order valence-corrected chi connectivity index (χ3v) is 4.01. The first-order chi connectivity index (χ1) is 7.92. The molecule has 1 aromatic heterocycles. The van der Waals surface area contributed by atoms with Gasteiger partial charge in [-0.1, -0.05) is 46.6 Å². The lowest BCUT2D eigenvalue weighted by atomic mass is 10.1. The quantitative estimate of drug-likeness (QED) is 0.685. The first-order valence-corrected chi connectivity index (χ1v) is 6.45. The highest BCUT2D eigenvalue weighted by molar-refractivity contribution is 8.01. The van der Waals surface area contributed by atoms with Crippen LogP contribution in [0.25, 0.3) is 10.8 Å². The normalized spacial score (nSPS) is 10.8. The number of nitrogens with zero attached hydrogens (tertiary/aromatic N) is 2. The van der Waals surface area contributed by atoms with Crippen LogP contribution in [0.2, 0.25) is 0 Å². The minimum Gasteiger partial charge on any atom is -0.145 e. The first kappa shape index (κ1) is 9.81. The molecule has 0 atom stereocenters. The molecule has 0 spiro atoms. The van der Waals surface area contributed by atoms with Crippen molar-refractivity contribution in [1.29, 1.82) is 0 Å². The maximum atomic E-state index is 3.85. The lowest BCUT2D eigenvalue weighted by Gasteiger charge is -2.00. The predicted octanol–water partition coefficient (Wildman–Crippen LogP) is 3.84. The molecule has 16 heavy (non-hydrogen) atoms. The van der Waals surface area contributed by atoms with Gasteiger partial charge in [0.1, 0.15) is 4.21 Å². The molecular formula is C12H8N2S2. The zero-order chi connectivity index (χ0) is 10.8. The number of hydrogen-bond donors (Lipinski definition) is 0. The highest BCUT2D eigenvalue weighted by Gasteiger charge is 2.00. The van der Waals surface area contributed by atoms with Crippen LogP contribution in [-0.2, 0) is 0 Å². The largest absolute Gasteiger partial charge is 0.145 e. The number of rotatable bonds is 2. The monoisotopic (exact) mass is 244 g/mol. The lowest BCUT2D eigenvalue weighted by Crippen LogP contribution is -1.73. The summed E-state index contributed by atoms with van der Waals surface area (Å²) in [6.45, 7) is 0. The SMILES string of the molecule is c1ccc2cc(Sc3cnns3)ccc2c1. The van der Waals surface area contributed by atoms with Gasteiger partial charge < -0.3 is 0 Å². The Balaban J connectivity index is 1.99. The molecule has 2 nitrogen and oxygen atoms in total. The van der Waals surface area contributed by atoms with Crippen molar-refractivity contribution in [3.05, 3.63) is 48.7 Å². The second-order valence-corrected chi connectivity index (χ2v) is 5.51. The second-order valence-electron chi connectivity index (χ2n) is 3.35. The molecule has 0 aliphatic heterocycles. The Labute approximate surface area is 101 Å². The van der Waals surface area contributed by atoms with Crippen molar-refractivity contribution >= 4 is 34.1 Å². The van der Waals surface area contributed by atoms with Crippen molar-refractivity contribution in [3.8, 4) is 0 Å².